The standard InChI is InChI=1S/C46H29N5/c1-2-11-32-28-34(20-19-30(32)10-1)46-38-14-5-3-12-36(38)45(37-13-4-6-15-39(37)46)31-21-24-35(25-22-31)51-49-43-26-23-33(29-44(43)50-51)40-17-9-18-42(48-40)41-16-7-8-27-47-41/h1-29H. The number of rotatable bonds is 5. The Balaban J connectivity index is 1.04. The second-order valence-corrected chi connectivity index (χ2v) is 12.8. The fourth-order valence-electron chi connectivity index (χ4n) is 7.30. The summed E-state index contributed by atoms with van der Waals surface area (Å²) in [5.74, 6) is 0. The van der Waals surface area contributed by atoms with E-state index in [2.05, 4.69) is 120 Å². The van der Waals surface area contributed by atoms with Crippen LogP contribution in [0.15, 0.2) is 176 Å². The molecular formula is C46H29N5. The van der Waals surface area contributed by atoms with E-state index < -0.39 is 0 Å². The fraction of sp³-hybridized carbons (Fsp3) is 0. The Morgan fingerprint density at radius 1 is 0.373 bits per heavy atom. The van der Waals surface area contributed by atoms with Crippen LogP contribution >= 0.6 is 0 Å². The predicted octanol–water partition coefficient (Wildman–Crippen LogP) is 11.3. The van der Waals surface area contributed by atoms with Crippen LogP contribution in [0.1, 0.15) is 0 Å². The molecule has 0 N–H and O–H groups in total. The van der Waals surface area contributed by atoms with Crippen LogP contribution in [0.25, 0.3) is 93.9 Å². The Morgan fingerprint density at radius 3 is 1.69 bits per heavy atom. The van der Waals surface area contributed by atoms with Gasteiger partial charge in [0, 0.05) is 11.8 Å². The van der Waals surface area contributed by atoms with Gasteiger partial charge in [-0.1, -0.05) is 115 Å². The van der Waals surface area contributed by atoms with Gasteiger partial charge in [0.05, 0.1) is 22.8 Å². The lowest BCUT2D eigenvalue weighted by Gasteiger charge is -2.18. The molecule has 0 aliphatic carbocycles. The molecule has 51 heavy (non-hydrogen) atoms. The number of fused-ring (bicyclic) bond motifs is 4. The number of benzene rings is 7. The van der Waals surface area contributed by atoms with Crippen LogP contribution in [-0.2, 0) is 0 Å². The molecule has 5 nitrogen and oxygen atoms in total. The topological polar surface area (TPSA) is 56.5 Å². The van der Waals surface area contributed by atoms with E-state index >= 15 is 0 Å². The van der Waals surface area contributed by atoms with Crippen molar-refractivity contribution in [2.45, 2.75) is 0 Å². The third-order valence-corrected chi connectivity index (χ3v) is 9.71. The maximum Gasteiger partial charge on any atom is 0.114 e. The Bertz CT molecular complexity index is 2850. The average Bonchev–Trinajstić information content (AvgIpc) is 3.64. The number of hydrogen-bond acceptors (Lipinski definition) is 4. The molecule has 0 aliphatic heterocycles. The third-order valence-electron chi connectivity index (χ3n) is 9.71. The number of pyridine rings is 2. The van der Waals surface area contributed by atoms with Gasteiger partial charge in [-0.15, -0.1) is 10.2 Å². The largest absolute Gasteiger partial charge is 0.255 e. The summed E-state index contributed by atoms with van der Waals surface area (Å²) < 4.78 is 0. The Hall–Kier alpha value is -6.98. The van der Waals surface area contributed by atoms with Crippen molar-refractivity contribution in [1.82, 2.24) is 25.0 Å². The van der Waals surface area contributed by atoms with Crippen LogP contribution in [0.5, 0.6) is 0 Å². The van der Waals surface area contributed by atoms with Gasteiger partial charge in [-0.2, -0.15) is 4.80 Å². The van der Waals surface area contributed by atoms with Gasteiger partial charge in [0.25, 0.3) is 0 Å². The summed E-state index contributed by atoms with van der Waals surface area (Å²) in [6.07, 6.45) is 1.79. The lowest BCUT2D eigenvalue weighted by molar-refractivity contribution is 0.766. The number of hydrogen-bond donors (Lipinski definition) is 0. The highest BCUT2D eigenvalue weighted by Crippen LogP contribution is 2.44. The van der Waals surface area contributed by atoms with Crippen LogP contribution in [0.3, 0.4) is 0 Å². The summed E-state index contributed by atoms with van der Waals surface area (Å²) in [5.41, 5.74) is 10.9. The van der Waals surface area contributed by atoms with E-state index in [-0.39, 0.29) is 0 Å². The van der Waals surface area contributed by atoms with E-state index in [0.717, 1.165) is 44.9 Å². The quantitative estimate of drug-likeness (QED) is 0.174. The molecular weight excluding hydrogens is 623 g/mol. The molecule has 0 bridgehead atoms. The third kappa shape index (κ3) is 5.03. The van der Waals surface area contributed by atoms with Crippen LogP contribution in [-0.4, -0.2) is 25.0 Å². The van der Waals surface area contributed by atoms with E-state index in [1.54, 1.807) is 11.0 Å². The maximum absolute atomic E-state index is 4.88. The van der Waals surface area contributed by atoms with Crippen molar-refractivity contribution in [2.75, 3.05) is 0 Å². The zero-order valence-corrected chi connectivity index (χ0v) is 27.5. The molecule has 0 saturated carbocycles. The van der Waals surface area contributed by atoms with Crippen LogP contribution in [0.2, 0.25) is 0 Å². The molecule has 0 fully saturated rings. The monoisotopic (exact) mass is 651 g/mol. The van der Waals surface area contributed by atoms with Gasteiger partial charge in [0.1, 0.15) is 11.0 Å². The first-order valence-electron chi connectivity index (χ1n) is 17.1. The summed E-state index contributed by atoms with van der Waals surface area (Å²) in [6, 6.07) is 59.5. The molecule has 0 unspecified atom stereocenters. The fourth-order valence-corrected chi connectivity index (χ4v) is 7.30. The zero-order chi connectivity index (χ0) is 33.7. The van der Waals surface area contributed by atoms with Crippen molar-refractivity contribution < 1.29 is 0 Å². The number of nitrogens with zero attached hydrogens (tertiary/aromatic N) is 5. The minimum Gasteiger partial charge on any atom is -0.255 e. The molecule has 0 saturated heterocycles. The average molecular weight is 652 g/mol. The predicted molar refractivity (Wildman–Crippen MR) is 209 cm³/mol. The van der Waals surface area contributed by atoms with Gasteiger partial charge >= 0.3 is 0 Å². The molecule has 5 heteroatoms. The Kier molecular flexibility index (Phi) is 6.74. The highest BCUT2D eigenvalue weighted by atomic mass is 15.5. The van der Waals surface area contributed by atoms with E-state index in [9.17, 15) is 0 Å². The smallest absolute Gasteiger partial charge is 0.114 e. The molecule has 7 aromatic carbocycles. The first-order chi connectivity index (χ1) is 25.3. The SMILES string of the molecule is c1ccc(-c2cccc(-c3ccc4nn(-c5ccc(-c6c7ccccc7c(-c7ccc8ccccc8c7)c7ccccc67)cc5)nc4c3)n2)nc1. The summed E-state index contributed by atoms with van der Waals surface area (Å²) >= 11 is 0. The first kappa shape index (κ1) is 29.0. The van der Waals surface area contributed by atoms with Crippen LogP contribution in [0, 0.1) is 0 Å². The molecule has 238 valence electrons. The number of aromatic nitrogens is 5. The minimum atomic E-state index is 0.808. The molecule has 0 radical (unpaired) electrons. The van der Waals surface area contributed by atoms with Crippen molar-refractivity contribution in [3.63, 3.8) is 0 Å². The molecule has 0 atom stereocenters. The van der Waals surface area contributed by atoms with Gasteiger partial charge in [-0.3, -0.25) is 4.98 Å². The second kappa shape index (κ2) is 11.9. The van der Waals surface area contributed by atoms with Gasteiger partial charge in [-0.05, 0) is 109 Å². The van der Waals surface area contributed by atoms with Gasteiger partial charge in [0.15, 0.2) is 0 Å². The van der Waals surface area contributed by atoms with Gasteiger partial charge in [0.2, 0.25) is 0 Å². The Labute approximate surface area is 294 Å². The summed E-state index contributed by atoms with van der Waals surface area (Å²) in [6.45, 7) is 0. The first-order valence-corrected chi connectivity index (χ1v) is 17.1. The zero-order valence-electron chi connectivity index (χ0n) is 27.5. The summed E-state index contributed by atoms with van der Waals surface area (Å²) in [7, 11) is 0. The normalized spacial score (nSPS) is 11.5. The van der Waals surface area contributed by atoms with Crippen LogP contribution < -0.4 is 0 Å². The summed E-state index contributed by atoms with van der Waals surface area (Å²) in [4.78, 5) is 11.1. The van der Waals surface area contributed by atoms with E-state index in [0.29, 0.717) is 0 Å². The second-order valence-electron chi connectivity index (χ2n) is 12.8. The van der Waals surface area contributed by atoms with Gasteiger partial charge in [-0.25, -0.2) is 4.98 Å². The van der Waals surface area contributed by atoms with Crippen molar-refractivity contribution in [3.8, 4) is 50.6 Å². The molecule has 10 rings (SSSR count). The molecule has 0 spiro atoms. The molecule has 3 heterocycles. The molecule has 0 amide bonds. The minimum absolute atomic E-state index is 0.808. The van der Waals surface area contributed by atoms with Crippen LogP contribution in [0.4, 0.5) is 0 Å². The Morgan fingerprint density at radius 2 is 0.961 bits per heavy atom. The maximum atomic E-state index is 4.88. The van der Waals surface area contributed by atoms with E-state index in [4.69, 9.17) is 15.2 Å². The van der Waals surface area contributed by atoms with Crippen molar-refractivity contribution in [1.29, 1.82) is 0 Å². The highest BCUT2D eigenvalue weighted by molar-refractivity contribution is 6.21. The summed E-state index contributed by atoms with van der Waals surface area (Å²) in [5, 5.41) is 17.1. The molecule has 0 aliphatic rings. The molecule has 3 aromatic heterocycles. The lowest BCUT2D eigenvalue weighted by atomic mass is 9.85. The van der Waals surface area contributed by atoms with E-state index in [1.165, 1.54) is 49.0 Å². The van der Waals surface area contributed by atoms with Crippen molar-refractivity contribution in [3.05, 3.63) is 176 Å². The highest BCUT2D eigenvalue weighted by Gasteiger charge is 2.17. The van der Waals surface area contributed by atoms with E-state index in [1.807, 2.05) is 54.6 Å². The van der Waals surface area contributed by atoms with Crippen molar-refractivity contribution >= 4 is 43.4 Å². The van der Waals surface area contributed by atoms with Crippen molar-refractivity contribution in [2.24, 2.45) is 0 Å². The lowest BCUT2D eigenvalue weighted by Crippen LogP contribution is -1.98. The van der Waals surface area contributed by atoms with Gasteiger partial charge < -0.3 is 0 Å². The molecule has 10 aromatic rings.